The molecular formula is C14H19F3N2O. The van der Waals surface area contributed by atoms with E-state index in [0.29, 0.717) is 13.1 Å². The van der Waals surface area contributed by atoms with Crippen molar-refractivity contribution in [1.82, 2.24) is 10.2 Å². The molecule has 1 amide bonds. The number of hydrogen-bond acceptors (Lipinski definition) is 2. The van der Waals surface area contributed by atoms with E-state index in [4.69, 9.17) is 0 Å². The van der Waals surface area contributed by atoms with Crippen LogP contribution in [-0.2, 0) is 6.18 Å². The van der Waals surface area contributed by atoms with Gasteiger partial charge in [-0.1, -0.05) is 19.9 Å². The Bertz CT molecular complexity index is 442. The third-order valence-electron chi connectivity index (χ3n) is 3.06. The zero-order valence-corrected chi connectivity index (χ0v) is 11.6. The number of alkyl halides is 3. The van der Waals surface area contributed by atoms with E-state index in [1.54, 1.807) is 0 Å². The van der Waals surface area contributed by atoms with Crippen LogP contribution in [0, 0.1) is 0 Å². The summed E-state index contributed by atoms with van der Waals surface area (Å²) in [6.45, 7) is 6.86. The Morgan fingerprint density at radius 3 is 2.45 bits per heavy atom. The van der Waals surface area contributed by atoms with E-state index in [1.807, 2.05) is 13.8 Å². The number of carbonyl (C=O) groups excluding carboxylic acids is 1. The van der Waals surface area contributed by atoms with Gasteiger partial charge in [-0.15, -0.1) is 0 Å². The third-order valence-corrected chi connectivity index (χ3v) is 3.06. The average molecular weight is 288 g/mol. The maximum absolute atomic E-state index is 12.5. The molecule has 0 bridgehead atoms. The third kappa shape index (κ3) is 4.85. The summed E-state index contributed by atoms with van der Waals surface area (Å²) in [6, 6.07) is 4.43. The van der Waals surface area contributed by atoms with Crippen LogP contribution < -0.4 is 5.32 Å². The minimum absolute atomic E-state index is 0.0272. The minimum Gasteiger partial charge on any atom is -0.351 e. The molecule has 1 aromatic rings. The number of rotatable bonds is 6. The highest BCUT2D eigenvalue weighted by Crippen LogP contribution is 2.29. The van der Waals surface area contributed by atoms with Gasteiger partial charge in [-0.25, -0.2) is 0 Å². The van der Waals surface area contributed by atoms with E-state index in [1.165, 1.54) is 12.1 Å². The topological polar surface area (TPSA) is 32.3 Å². The van der Waals surface area contributed by atoms with Crippen molar-refractivity contribution in [3.05, 3.63) is 35.4 Å². The normalized spacial score (nSPS) is 11.7. The van der Waals surface area contributed by atoms with Crippen LogP contribution in [0.3, 0.4) is 0 Å². The van der Waals surface area contributed by atoms with Gasteiger partial charge in [0.05, 0.1) is 5.56 Å². The van der Waals surface area contributed by atoms with Crippen LogP contribution in [0.2, 0.25) is 0 Å². The van der Waals surface area contributed by atoms with E-state index in [2.05, 4.69) is 10.2 Å². The number of benzene rings is 1. The lowest BCUT2D eigenvalue weighted by Gasteiger charge is -2.18. The first-order valence-electron chi connectivity index (χ1n) is 6.56. The summed E-state index contributed by atoms with van der Waals surface area (Å²) in [4.78, 5) is 13.9. The smallest absolute Gasteiger partial charge is 0.351 e. The molecule has 0 aliphatic heterocycles. The SMILES string of the molecule is CCN(CC)CCNC(=O)c1cccc(C(F)(F)F)c1. The number of carbonyl (C=O) groups is 1. The van der Waals surface area contributed by atoms with Gasteiger partial charge in [0.1, 0.15) is 0 Å². The summed E-state index contributed by atoms with van der Waals surface area (Å²) in [6.07, 6.45) is -4.43. The van der Waals surface area contributed by atoms with E-state index >= 15 is 0 Å². The number of nitrogens with one attached hydrogen (secondary N) is 1. The van der Waals surface area contributed by atoms with Crippen LogP contribution in [0.5, 0.6) is 0 Å². The molecule has 1 aromatic carbocycles. The highest BCUT2D eigenvalue weighted by molar-refractivity contribution is 5.94. The molecule has 20 heavy (non-hydrogen) atoms. The molecule has 3 nitrogen and oxygen atoms in total. The lowest BCUT2D eigenvalue weighted by molar-refractivity contribution is -0.137. The van der Waals surface area contributed by atoms with Crippen LogP contribution in [0.4, 0.5) is 13.2 Å². The Balaban J connectivity index is 2.60. The lowest BCUT2D eigenvalue weighted by Crippen LogP contribution is -2.34. The van der Waals surface area contributed by atoms with E-state index in [-0.39, 0.29) is 5.56 Å². The zero-order chi connectivity index (χ0) is 15.2. The molecule has 1 N–H and O–H groups in total. The molecule has 0 saturated heterocycles. The minimum atomic E-state index is -4.43. The molecule has 0 aliphatic rings. The number of likely N-dealkylation sites (N-methyl/N-ethyl adjacent to an activating group) is 1. The molecule has 112 valence electrons. The summed E-state index contributed by atoms with van der Waals surface area (Å²) < 4.78 is 37.6. The fourth-order valence-corrected chi connectivity index (χ4v) is 1.81. The zero-order valence-electron chi connectivity index (χ0n) is 11.6. The first kappa shape index (κ1) is 16.5. The fraction of sp³-hybridized carbons (Fsp3) is 0.500. The maximum atomic E-state index is 12.5. The molecule has 0 radical (unpaired) electrons. The highest BCUT2D eigenvalue weighted by Gasteiger charge is 2.30. The number of amides is 1. The Morgan fingerprint density at radius 1 is 1.25 bits per heavy atom. The Kier molecular flexibility index (Phi) is 6.01. The van der Waals surface area contributed by atoms with Gasteiger partial charge in [-0.3, -0.25) is 4.79 Å². The van der Waals surface area contributed by atoms with Crippen molar-refractivity contribution in [3.63, 3.8) is 0 Å². The quantitative estimate of drug-likeness (QED) is 0.873. The van der Waals surface area contributed by atoms with E-state index < -0.39 is 17.6 Å². The van der Waals surface area contributed by atoms with Gasteiger partial charge in [-0.2, -0.15) is 13.2 Å². The van der Waals surface area contributed by atoms with E-state index in [9.17, 15) is 18.0 Å². The predicted molar refractivity (Wildman–Crippen MR) is 71.6 cm³/mol. The monoisotopic (exact) mass is 288 g/mol. The molecule has 0 saturated carbocycles. The molecule has 0 unspecified atom stereocenters. The van der Waals surface area contributed by atoms with Crippen LogP contribution in [-0.4, -0.2) is 37.0 Å². The first-order chi connectivity index (χ1) is 9.38. The van der Waals surface area contributed by atoms with E-state index in [0.717, 1.165) is 25.2 Å². The van der Waals surface area contributed by atoms with Gasteiger partial charge in [0, 0.05) is 18.7 Å². The Hall–Kier alpha value is -1.56. The van der Waals surface area contributed by atoms with Gasteiger partial charge in [0.25, 0.3) is 5.91 Å². The predicted octanol–water partition coefficient (Wildman–Crippen LogP) is 2.78. The first-order valence-corrected chi connectivity index (χ1v) is 6.56. The van der Waals surface area contributed by atoms with Crippen LogP contribution in [0.15, 0.2) is 24.3 Å². The lowest BCUT2D eigenvalue weighted by atomic mass is 10.1. The molecule has 1 rings (SSSR count). The molecule has 0 heterocycles. The van der Waals surface area contributed by atoms with Gasteiger partial charge in [-0.05, 0) is 31.3 Å². The van der Waals surface area contributed by atoms with Crippen molar-refractivity contribution in [2.24, 2.45) is 0 Å². The molecular weight excluding hydrogens is 269 g/mol. The average Bonchev–Trinajstić information content (AvgIpc) is 2.42. The number of nitrogens with zero attached hydrogens (tertiary/aromatic N) is 1. The van der Waals surface area contributed by atoms with Crippen molar-refractivity contribution >= 4 is 5.91 Å². The molecule has 0 fully saturated rings. The number of halogens is 3. The standard InChI is InChI=1S/C14H19F3N2O/c1-3-19(4-2)9-8-18-13(20)11-6-5-7-12(10-11)14(15,16)17/h5-7,10H,3-4,8-9H2,1-2H3,(H,18,20). The second kappa shape index (κ2) is 7.28. The molecule has 0 atom stereocenters. The molecule has 0 aromatic heterocycles. The van der Waals surface area contributed by atoms with Crippen LogP contribution in [0.25, 0.3) is 0 Å². The summed E-state index contributed by atoms with van der Waals surface area (Å²) in [5.74, 6) is -0.483. The van der Waals surface area contributed by atoms with Gasteiger partial charge >= 0.3 is 6.18 Å². The Labute approximate surface area is 116 Å². The summed E-state index contributed by atoms with van der Waals surface area (Å²) in [7, 11) is 0. The molecule has 0 spiro atoms. The van der Waals surface area contributed by atoms with Gasteiger partial charge in [0.15, 0.2) is 0 Å². The van der Waals surface area contributed by atoms with Crippen molar-refractivity contribution < 1.29 is 18.0 Å². The van der Waals surface area contributed by atoms with Crippen molar-refractivity contribution in [2.45, 2.75) is 20.0 Å². The highest BCUT2D eigenvalue weighted by atomic mass is 19.4. The van der Waals surface area contributed by atoms with Crippen LogP contribution >= 0.6 is 0 Å². The summed E-state index contributed by atoms with van der Waals surface area (Å²) in [5.41, 5.74) is -0.784. The summed E-state index contributed by atoms with van der Waals surface area (Å²) >= 11 is 0. The van der Waals surface area contributed by atoms with Crippen molar-refractivity contribution in [2.75, 3.05) is 26.2 Å². The molecule has 0 aliphatic carbocycles. The van der Waals surface area contributed by atoms with Crippen LogP contribution in [0.1, 0.15) is 29.8 Å². The second-order valence-corrected chi connectivity index (χ2v) is 4.36. The second-order valence-electron chi connectivity index (χ2n) is 4.36. The fourth-order valence-electron chi connectivity index (χ4n) is 1.81. The maximum Gasteiger partial charge on any atom is 0.416 e. The largest absolute Gasteiger partial charge is 0.416 e. The van der Waals surface area contributed by atoms with Gasteiger partial charge < -0.3 is 10.2 Å². The summed E-state index contributed by atoms with van der Waals surface area (Å²) in [5, 5.41) is 2.63. The van der Waals surface area contributed by atoms with Crippen molar-refractivity contribution in [3.8, 4) is 0 Å². The molecule has 6 heteroatoms. The number of hydrogen-bond donors (Lipinski definition) is 1. The Morgan fingerprint density at radius 2 is 1.90 bits per heavy atom. The van der Waals surface area contributed by atoms with Crippen molar-refractivity contribution in [1.29, 1.82) is 0 Å². The van der Waals surface area contributed by atoms with Gasteiger partial charge in [0.2, 0.25) is 0 Å².